The molecule has 0 aliphatic heterocycles. The van der Waals surface area contributed by atoms with Gasteiger partial charge in [0.15, 0.2) is 5.16 Å². The van der Waals surface area contributed by atoms with Crippen LogP contribution >= 0.6 is 11.8 Å². The number of hydrogen-bond acceptors (Lipinski definition) is 6. The summed E-state index contributed by atoms with van der Waals surface area (Å²) in [6.07, 6.45) is 0. The first kappa shape index (κ1) is 22.5. The number of nitrogens with zero attached hydrogens (tertiary/aromatic N) is 5. The lowest BCUT2D eigenvalue weighted by molar-refractivity contribution is 0.445. The number of H-pyrrole nitrogens is 1. The van der Waals surface area contributed by atoms with Crippen LogP contribution in [0.3, 0.4) is 0 Å². The molecular weight excluding hydrogens is 444 g/mol. The first-order valence-electron chi connectivity index (χ1n) is 10.4. The van der Waals surface area contributed by atoms with Gasteiger partial charge in [0, 0.05) is 13.1 Å². The number of benzene rings is 2. The normalized spacial score (nSPS) is 12.2. The Labute approximate surface area is 192 Å². The number of nitrogens with one attached hydrogen (secondary N) is 1. The van der Waals surface area contributed by atoms with Crippen LogP contribution in [0.4, 0.5) is 0 Å². The molecule has 0 saturated carbocycles. The summed E-state index contributed by atoms with van der Waals surface area (Å²) in [5.74, 6) is 2.12. The summed E-state index contributed by atoms with van der Waals surface area (Å²) in [4.78, 5) is 8.15. The minimum Gasteiger partial charge on any atom is -0.341 e. The summed E-state index contributed by atoms with van der Waals surface area (Å²) in [5, 5.41) is 9.37. The predicted octanol–water partition coefficient (Wildman–Crippen LogP) is 4.08. The highest BCUT2D eigenvalue weighted by molar-refractivity contribution is 7.98. The van der Waals surface area contributed by atoms with E-state index in [1.165, 1.54) is 16.1 Å². The van der Waals surface area contributed by atoms with Crippen molar-refractivity contribution in [3.05, 3.63) is 59.7 Å². The van der Waals surface area contributed by atoms with Crippen LogP contribution in [0.1, 0.15) is 31.1 Å². The van der Waals surface area contributed by atoms with Gasteiger partial charge in [-0.15, -0.1) is 10.2 Å². The molecule has 8 nitrogen and oxygen atoms in total. The Morgan fingerprint density at radius 3 is 2.53 bits per heavy atom. The average molecular weight is 471 g/mol. The van der Waals surface area contributed by atoms with E-state index in [0.29, 0.717) is 24.4 Å². The molecule has 1 N–H and O–H groups in total. The van der Waals surface area contributed by atoms with Gasteiger partial charge in [-0.05, 0) is 43.7 Å². The Balaban J connectivity index is 1.59. The van der Waals surface area contributed by atoms with Gasteiger partial charge in [0.05, 0.1) is 27.4 Å². The lowest BCUT2D eigenvalue weighted by atomic mass is 10.2. The van der Waals surface area contributed by atoms with Crippen molar-refractivity contribution in [1.29, 1.82) is 0 Å². The SMILES string of the molecule is CCN(CC)S(=O)(=O)c1ccc2nc(CSc3nnc(C)n3-c3ccccc3C)[nH]c2c1. The topological polar surface area (TPSA) is 96.8 Å². The molecule has 0 unspecified atom stereocenters. The molecule has 4 aromatic rings. The van der Waals surface area contributed by atoms with E-state index in [-0.39, 0.29) is 4.90 Å². The molecule has 0 aliphatic rings. The summed E-state index contributed by atoms with van der Waals surface area (Å²) in [7, 11) is -3.52. The number of para-hydroxylation sites is 1. The summed E-state index contributed by atoms with van der Waals surface area (Å²) in [6, 6.07) is 13.1. The predicted molar refractivity (Wildman–Crippen MR) is 127 cm³/mol. The molecule has 0 radical (unpaired) electrons. The highest BCUT2D eigenvalue weighted by atomic mass is 32.2. The fourth-order valence-electron chi connectivity index (χ4n) is 3.64. The third-order valence-electron chi connectivity index (χ3n) is 5.34. The van der Waals surface area contributed by atoms with Gasteiger partial charge >= 0.3 is 0 Å². The maximum atomic E-state index is 12.8. The van der Waals surface area contributed by atoms with Gasteiger partial charge < -0.3 is 4.98 Å². The van der Waals surface area contributed by atoms with Crippen molar-refractivity contribution in [2.45, 2.75) is 43.5 Å². The lowest BCUT2D eigenvalue weighted by Gasteiger charge is -2.18. The van der Waals surface area contributed by atoms with E-state index in [1.807, 2.05) is 37.5 Å². The van der Waals surface area contributed by atoms with Crippen molar-refractivity contribution in [1.82, 2.24) is 29.0 Å². The molecule has 0 saturated heterocycles. The van der Waals surface area contributed by atoms with Crippen LogP contribution in [0.5, 0.6) is 0 Å². The highest BCUT2D eigenvalue weighted by Crippen LogP contribution is 2.27. The minimum absolute atomic E-state index is 0.270. The van der Waals surface area contributed by atoms with Crippen molar-refractivity contribution in [3.8, 4) is 5.69 Å². The van der Waals surface area contributed by atoms with Gasteiger partial charge in [0.25, 0.3) is 0 Å². The summed E-state index contributed by atoms with van der Waals surface area (Å²) < 4.78 is 29.1. The van der Waals surface area contributed by atoms with Gasteiger partial charge in [0.1, 0.15) is 11.6 Å². The first-order chi connectivity index (χ1) is 15.3. The molecule has 0 spiro atoms. The third kappa shape index (κ3) is 4.17. The molecule has 0 aliphatic carbocycles. The molecule has 32 heavy (non-hydrogen) atoms. The molecule has 0 amide bonds. The van der Waals surface area contributed by atoms with E-state index in [4.69, 9.17) is 0 Å². The molecule has 0 fully saturated rings. The Hall–Kier alpha value is -2.69. The summed E-state index contributed by atoms with van der Waals surface area (Å²) >= 11 is 1.53. The van der Waals surface area contributed by atoms with Gasteiger partial charge in [0.2, 0.25) is 10.0 Å². The maximum Gasteiger partial charge on any atom is 0.243 e. The molecule has 0 atom stereocenters. The number of rotatable bonds is 8. The van der Waals surface area contributed by atoms with Gasteiger partial charge in [-0.2, -0.15) is 4.31 Å². The van der Waals surface area contributed by atoms with E-state index >= 15 is 0 Å². The van der Waals surface area contributed by atoms with Crippen LogP contribution < -0.4 is 0 Å². The van der Waals surface area contributed by atoms with Gasteiger partial charge in [-0.3, -0.25) is 4.57 Å². The van der Waals surface area contributed by atoms with E-state index in [9.17, 15) is 8.42 Å². The number of aromatic amines is 1. The van der Waals surface area contributed by atoms with Crippen LogP contribution in [0.15, 0.2) is 52.5 Å². The first-order valence-corrected chi connectivity index (χ1v) is 12.9. The number of sulfonamides is 1. The van der Waals surface area contributed by atoms with Crippen molar-refractivity contribution in [3.63, 3.8) is 0 Å². The van der Waals surface area contributed by atoms with E-state index < -0.39 is 10.0 Å². The smallest absolute Gasteiger partial charge is 0.243 e. The highest BCUT2D eigenvalue weighted by Gasteiger charge is 2.22. The summed E-state index contributed by atoms with van der Waals surface area (Å²) in [5.41, 5.74) is 3.62. The van der Waals surface area contributed by atoms with Crippen molar-refractivity contribution >= 4 is 32.8 Å². The van der Waals surface area contributed by atoms with Crippen molar-refractivity contribution in [2.75, 3.05) is 13.1 Å². The molecule has 4 rings (SSSR count). The second kappa shape index (κ2) is 9.05. The number of aryl methyl sites for hydroxylation is 2. The fraction of sp³-hybridized carbons (Fsp3) is 0.318. The fourth-order valence-corrected chi connectivity index (χ4v) is 5.99. The number of fused-ring (bicyclic) bond motifs is 1. The van der Waals surface area contributed by atoms with Crippen LogP contribution in [-0.2, 0) is 15.8 Å². The zero-order chi connectivity index (χ0) is 22.9. The zero-order valence-corrected chi connectivity index (χ0v) is 20.2. The zero-order valence-electron chi connectivity index (χ0n) is 18.5. The second-order valence-electron chi connectivity index (χ2n) is 7.39. The molecule has 168 valence electrons. The number of aromatic nitrogens is 5. The molecule has 10 heteroatoms. The number of imidazole rings is 1. The number of thioether (sulfide) groups is 1. The van der Waals surface area contributed by atoms with Crippen LogP contribution in [0, 0.1) is 13.8 Å². The van der Waals surface area contributed by atoms with E-state index in [2.05, 4.69) is 39.2 Å². The Bertz CT molecular complexity index is 1360. The third-order valence-corrected chi connectivity index (χ3v) is 8.32. The largest absolute Gasteiger partial charge is 0.341 e. The molecular formula is C22H26N6O2S2. The van der Waals surface area contributed by atoms with E-state index in [1.54, 1.807) is 18.2 Å². The van der Waals surface area contributed by atoms with Gasteiger partial charge in [-0.25, -0.2) is 13.4 Å². The maximum absolute atomic E-state index is 12.8. The Morgan fingerprint density at radius 1 is 1.06 bits per heavy atom. The standard InChI is InChI=1S/C22H26N6O2S2/c1-5-27(6-2)32(29,30)17-11-12-18-19(13-17)24-21(23-18)14-31-22-26-25-16(4)28(22)20-10-8-7-9-15(20)3/h7-13H,5-6,14H2,1-4H3,(H,23,24). The molecule has 2 aromatic carbocycles. The lowest BCUT2D eigenvalue weighted by Crippen LogP contribution is -2.30. The molecule has 2 heterocycles. The summed E-state index contributed by atoms with van der Waals surface area (Å²) in [6.45, 7) is 8.53. The van der Waals surface area contributed by atoms with Crippen LogP contribution in [0.25, 0.3) is 16.7 Å². The number of hydrogen-bond donors (Lipinski definition) is 1. The van der Waals surface area contributed by atoms with Crippen LogP contribution in [0.2, 0.25) is 0 Å². The van der Waals surface area contributed by atoms with E-state index in [0.717, 1.165) is 33.6 Å². The monoisotopic (exact) mass is 470 g/mol. The molecule has 0 bridgehead atoms. The molecule has 2 aromatic heterocycles. The minimum atomic E-state index is -3.52. The van der Waals surface area contributed by atoms with Crippen LogP contribution in [-0.4, -0.2) is 50.5 Å². The van der Waals surface area contributed by atoms with Crippen molar-refractivity contribution < 1.29 is 8.42 Å². The second-order valence-corrected chi connectivity index (χ2v) is 10.3. The Morgan fingerprint density at radius 2 is 1.81 bits per heavy atom. The van der Waals surface area contributed by atoms with Crippen molar-refractivity contribution in [2.24, 2.45) is 0 Å². The van der Waals surface area contributed by atoms with Gasteiger partial charge in [-0.1, -0.05) is 43.8 Å². The quantitative estimate of drug-likeness (QED) is 0.390. The Kier molecular flexibility index (Phi) is 6.36. The average Bonchev–Trinajstić information content (AvgIpc) is 3.35.